The highest BCUT2D eigenvalue weighted by molar-refractivity contribution is 7.88. The quantitative estimate of drug-likeness (QED) is 0.749. The number of para-hydroxylation sites is 2. The van der Waals surface area contributed by atoms with Crippen molar-refractivity contribution in [2.75, 3.05) is 32.5 Å². The van der Waals surface area contributed by atoms with Gasteiger partial charge < -0.3 is 9.47 Å². The number of ether oxygens (including phenoxy) is 2. The molecule has 30 heavy (non-hydrogen) atoms. The average Bonchev–Trinajstić information content (AvgIpc) is 3.35. The van der Waals surface area contributed by atoms with Gasteiger partial charge in [0.15, 0.2) is 17.6 Å². The predicted molar refractivity (Wildman–Crippen MR) is 115 cm³/mol. The van der Waals surface area contributed by atoms with Gasteiger partial charge in [-0.05, 0) is 42.5 Å². The normalized spacial score (nSPS) is 27.0. The number of rotatable bonds is 4. The Kier molecular flexibility index (Phi) is 5.00. The van der Waals surface area contributed by atoms with Crippen molar-refractivity contribution in [3.8, 4) is 11.5 Å². The molecule has 0 N–H and O–H groups in total. The summed E-state index contributed by atoms with van der Waals surface area (Å²) in [5.41, 5.74) is 2.13. The van der Waals surface area contributed by atoms with E-state index in [4.69, 9.17) is 9.47 Å². The van der Waals surface area contributed by atoms with E-state index in [0.717, 1.165) is 56.0 Å². The maximum Gasteiger partial charge on any atom is 0.211 e. The second kappa shape index (κ2) is 7.55. The standard InChI is InChI=1S/C23H28N2O4S/c1-30(26,27)25-13-4-11-23(25)12-14-24(17-23)15-18-7-9-19(10-8-18)22-16-28-20-5-2-3-6-21(20)29-22/h2-3,5-10,22H,4,11-17H2,1H3. The van der Waals surface area contributed by atoms with E-state index in [1.165, 1.54) is 11.8 Å². The first kappa shape index (κ1) is 19.8. The highest BCUT2D eigenvalue weighted by Crippen LogP contribution is 2.40. The summed E-state index contributed by atoms with van der Waals surface area (Å²) < 4.78 is 38.1. The van der Waals surface area contributed by atoms with Crippen LogP contribution in [0, 0.1) is 0 Å². The number of likely N-dealkylation sites (tertiary alicyclic amines) is 1. The van der Waals surface area contributed by atoms with Crippen LogP contribution in [0.25, 0.3) is 0 Å². The zero-order valence-corrected chi connectivity index (χ0v) is 18.1. The molecule has 2 aromatic rings. The van der Waals surface area contributed by atoms with Crippen LogP contribution in [0.1, 0.15) is 36.5 Å². The van der Waals surface area contributed by atoms with Crippen LogP contribution in [0.2, 0.25) is 0 Å². The highest BCUT2D eigenvalue weighted by Gasteiger charge is 2.49. The van der Waals surface area contributed by atoms with Crippen molar-refractivity contribution < 1.29 is 17.9 Å². The predicted octanol–water partition coefficient (Wildman–Crippen LogP) is 3.20. The smallest absolute Gasteiger partial charge is 0.211 e. The minimum Gasteiger partial charge on any atom is -0.485 e. The molecule has 2 unspecified atom stereocenters. The van der Waals surface area contributed by atoms with Gasteiger partial charge in [0.1, 0.15) is 6.61 Å². The summed E-state index contributed by atoms with van der Waals surface area (Å²) in [6.07, 6.45) is 4.09. The summed E-state index contributed by atoms with van der Waals surface area (Å²) in [7, 11) is -3.15. The Bertz CT molecular complexity index is 1020. The molecule has 2 aromatic carbocycles. The molecule has 3 aliphatic heterocycles. The first-order valence-corrected chi connectivity index (χ1v) is 12.5. The Morgan fingerprint density at radius 3 is 2.57 bits per heavy atom. The lowest BCUT2D eigenvalue weighted by atomic mass is 9.97. The van der Waals surface area contributed by atoms with Gasteiger partial charge in [-0.2, -0.15) is 4.31 Å². The molecule has 0 aromatic heterocycles. The molecule has 2 atom stereocenters. The third kappa shape index (κ3) is 3.70. The fraction of sp³-hybridized carbons (Fsp3) is 0.478. The average molecular weight is 429 g/mol. The van der Waals surface area contributed by atoms with Crippen LogP contribution in [0.15, 0.2) is 48.5 Å². The zero-order chi connectivity index (χ0) is 20.8. The largest absolute Gasteiger partial charge is 0.485 e. The fourth-order valence-corrected chi connectivity index (χ4v) is 6.60. The Morgan fingerprint density at radius 2 is 1.80 bits per heavy atom. The monoisotopic (exact) mass is 428 g/mol. The van der Waals surface area contributed by atoms with Crippen LogP contribution in [-0.4, -0.2) is 55.7 Å². The third-order valence-electron chi connectivity index (χ3n) is 6.61. The molecule has 6 nitrogen and oxygen atoms in total. The third-order valence-corrected chi connectivity index (χ3v) is 7.98. The highest BCUT2D eigenvalue weighted by atomic mass is 32.2. The minimum absolute atomic E-state index is 0.106. The second-order valence-corrected chi connectivity index (χ2v) is 10.6. The van der Waals surface area contributed by atoms with Crippen molar-refractivity contribution in [3.05, 3.63) is 59.7 Å². The van der Waals surface area contributed by atoms with Crippen molar-refractivity contribution in [3.63, 3.8) is 0 Å². The minimum atomic E-state index is -3.15. The lowest BCUT2D eigenvalue weighted by molar-refractivity contribution is 0.0913. The van der Waals surface area contributed by atoms with Crippen molar-refractivity contribution in [1.82, 2.24) is 9.21 Å². The number of nitrogens with zero attached hydrogens (tertiary/aromatic N) is 2. The van der Waals surface area contributed by atoms with Crippen LogP contribution < -0.4 is 9.47 Å². The summed E-state index contributed by atoms with van der Waals surface area (Å²) in [6, 6.07) is 16.3. The van der Waals surface area contributed by atoms with Gasteiger partial charge in [-0.3, -0.25) is 4.90 Å². The lowest BCUT2D eigenvalue weighted by Gasteiger charge is -2.33. The molecular weight excluding hydrogens is 400 g/mol. The van der Waals surface area contributed by atoms with Crippen LogP contribution in [-0.2, 0) is 16.6 Å². The van der Waals surface area contributed by atoms with Gasteiger partial charge in [-0.1, -0.05) is 36.4 Å². The van der Waals surface area contributed by atoms with Gasteiger partial charge in [0.05, 0.1) is 6.26 Å². The maximum absolute atomic E-state index is 12.2. The van der Waals surface area contributed by atoms with Gasteiger partial charge in [0, 0.05) is 31.7 Å². The van der Waals surface area contributed by atoms with E-state index < -0.39 is 10.0 Å². The molecule has 0 bridgehead atoms. The summed E-state index contributed by atoms with van der Waals surface area (Å²) >= 11 is 0. The molecule has 5 rings (SSSR count). The van der Waals surface area contributed by atoms with E-state index in [2.05, 4.69) is 29.2 Å². The summed E-state index contributed by atoms with van der Waals surface area (Å²) in [4.78, 5) is 2.38. The summed E-state index contributed by atoms with van der Waals surface area (Å²) in [6.45, 7) is 3.76. The van der Waals surface area contributed by atoms with Gasteiger partial charge in [0.25, 0.3) is 0 Å². The summed E-state index contributed by atoms with van der Waals surface area (Å²) in [5.74, 6) is 1.58. The first-order valence-electron chi connectivity index (χ1n) is 10.6. The molecule has 3 heterocycles. The molecule has 1 spiro atoms. The maximum atomic E-state index is 12.2. The van der Waals surface area contributed by atoms with Crippen LogP contribution in [0.3, 0.4) is 0 Å². The zero-order valence-electron chi connectivity index (χ0n) is 17.3. The Hall–Kier alpha value is -2.09. The number of benzene rings is 2. The van der Waals surface area contributed by atoms with Crippen molar-refractivity contribution >= 4 is 10.0 Å². The molecule has 0 aliphatic carbocycles. The Labute approximate surface area is 178 Å². The van der Waals surface area contributed by atoms with Crippen LogP contribution in [0.5, 0.6) is 11.5 Å². The molecular formula is C23H28N2O4S. The second-order valence-electron chi connectivity index (χ2n) is 8.73. The van der Waals surface area contributed by atoms with E-state index >= 15 is 0 Å². The van der Waals surface area contributed by atoms with E-state index in [9.17, 15) is 8.42 Å². The fourth-order valence-electron chi connectivity index (χ4n) is 5.19. The van der Waals surface area contributed by atoms with Crippen molar-refractivity contribution in [2.24, 2.45) is 0 Å². The number of fused-ring (bicyclic) bond motifs is 1. The topological polar surface area (TPSA) is 59.1 Å². The molecule has 7 heteroatoms. The van der Waals surface area contributed by atoms with Crippen LogP contribution in [0.4, 0.5) is 0 Å². The number of hydrogen-bond donors (Lipinski definition) is 0. The molecule has 2 fully saturated rings. The van der Waals surface area contributed by atoms with Gasteiger partial charge in [-0.25, -0.2) is 8.42 Å². The SMILES string of the molecule is CS(=O)(=O)N1CCCC12CCN(Cc1ccc(C3COc4ccccc4O3)cc1)C2. The molecule has 0 amide bonds. The van der Waals surface area contributed by atoms with E-state index in [1.807, 2.05) is 24.3 Å². The molecule has 0 saturated carbocycles. The van der Waals surface area contributed by atoms with Gasteiger partial charge >= 0.3 is 0 Å². The molecule has 3 aliphatic rings. The van der Waals surface area contributed by atoms with E-state index in [-0.39, 0.29) is 11.6 Å². The molecule has 2 saturated heterocycles. The van der Waals surface area contributed by atoms with E-state index in [0.29, 0.717) is 13.2 Å². The van der Waals surface area contributed by atoms with Gasteiger partial charge in [-0.15, -0.1) is 0 Å². The Balaban J connectivity index is 1.23. The molecule has 160 valence electrons. The number of sulfonamides is 1. The van der Waals surface area contributed by atoms with Gasteiger partial charge in [0.2, 0.25) is 10.0 Å². The van der Waals surface area contributed by atoms with E-state index in [1.54, 1.807) is 4.31 Å². The lowest BCUT2D eigenvalue weighted by Crippen LogP contribution is -2.48. The number of hydrogen-bond acceptors (Lipinski definition) is 5. The Morgan fingerprint density at radius 1 is 1.03 bits per heavy atom. The summed E-state index contributed by atoms with van der Waals surface area (Å²) in [5, 5.41) is 0. The van der Waals surface area contributed by atoms with Crippen molar-refractivity contribution in [1.29, 1.82) is 0 Å². The van der Waals surface area contributed by atoms with Crippen LogP contribution >= 0.6 is 0 Å². The molecule has 0 radical (unpaired) electrons. The van der Waals surface area contributed by atoms with Crippen molar-refractivity contribution in [2.45, 2.75) is 37.5 Å². The first-order chi connectivity index (χ1) is 14.4.